The number of hydrogen-bond donors (Lipinski definition) is 1. The molecule has 0 aromatic carbocycles. The summed E-state index contributed by atoms with van der Waals surface area (Å²) in [6, 6.07) is 6.92. The average Bonchev–Trinajstić information content (AvgIpc) is 3.19. The van der Waals surface area contributed by atoms with E-state index in [-0.39, 0.29) is 0 Å². The minimum Gasteiger partial charge on any atom is -0.313 e. The Balaban J connectivity index is 1.74. The lowest BCUT2D eigenvalue weighted by atomic mass is 9.92. The summed E-state index contributed by atoms with van der Waals surface area (Å²) in [7, 11) is 0. The van der Waals surface area contributed by atoms with Crippen molar-refractivity contribution in [2.75, 3.05) is 6.54 Å². The number of aromatic nitrogens is 1. The lowest BCUT2D eigenvalue weighted by Crippen LogP contribution is -2.37. The second-order valence-corrected chi connectivity index (χ2v) is 6.32. The molecule has 0 amide bonds. The first kappa shape index (κ1) is 13.1. The standard InChI is InChI=1S/C17H26N2/c1-3-18-17(12(2)15-10-6-7-11-19-15)16-13-8-4-5-9-14(13)16/h6-7,10-14,16-18H,3-5,8-9H2,1-2H3. The number of rotatable bonds is 5. The molecule has 1 aromatic heterocycles. The smallest absolute Gasteiger partial charge is 0.0447 e. The quantitative estimate of drug-likeness (QED) is 0.873. The van der Waals surface area contributed by atoms with Crippen molar-refractivity contribution < 1.29 is 0 Å². The van der Waals surface area contributed by atoms with Gasteiger partial charge in [-0.25, -0.2) is 0 Å². The van der Waals surface area contributed by atoms with Crippen LogP contribution in [0.4, 0.5) is 0 Å². The van der Waals surface area contributed by atoms with Crippen LogP contribution >= 0.6 is 0 Å². The van der Waals surface area contributed by atoms with E-state index in [2.05, 4.69) is 36.3 Å². The van der Waals surface area contributed by atoms with Crippen LogP contribution in [0.15, 0.2) is 24.4 Å². The van der Waals surface area contributed by atoms with Gasteiger partial charge in [0.25, 0.3) is 0 Å². The molecule has 2 fully saturated rings. The summed E-state index contributed by atoms with van der Waals surface area (Å²) in [5.41, 5.74) is 1.25. The van der Waals surface area contributed by atoms with Crippen molar-refractivity contribution in [2.45, 2.75) is 51.5 Å². The minimum absolute atomic E-state index is 0.525. The van der Waals surface area contributed by atoms with E-state index in [9.17, 15) is 0 Å². The molecule has 1 heterocycles. The Bertz CT molecular complexity index is 391. The van der Waals surface area contributed by atoms with Gasteiger partial charge < -0.3 is 5.32 Å². The largest absolute Gasteiger partial charge is 0.313 e. The second-order valence-electron chi connectivity index (χ2n) is 6.32. The van der Waals surface area contributed by atoms with Gasteiger partial charge in [0.1, 0.15) is 0 Å². The van der Waals surface area contributed by atoms with Crippen molar-refractivity contribution in [3.05, 3.63) is 30.1 Å². The van der Waals surface area contributed by atoms with Crippen molar-refractivity contribution in [3.8, 4) is 0 Å². The molecule has 2 saturated carbocycles. The molecule has 2 aliphatic carbocycles. The van der Waals surface area contributed by atoms with Gasteiger partial charge in [-0.05, 0) is 49.3 Å². The summed E-state index contributed by atoms with van der Waals surface area (Å²) in [6.07, 6.45) is 7.76. The maximum Gasteiger partial charge on any atom is 0.0447 e. The van der Waals surface area contributed by atoms with Gasteiger partial charge in [-0.15, -0.1) is 0 Å². The van der Waals surface area contributed by atoms with Crippen molar-refractivity contribution in [3.63, 3.8) is 0 Å². The van der Waals surface area contributed by atoms with Gasteiger partial charge in [0.15, 0.2) is 0 Å². The number of likely N-dealkylation sites (N-methyl/N-ethyl adjacent to an activating group) is 1. The molecular formula is C17H26N2. The fraction of sp³-hybridized carbons (Fsp3) is 0.706. The Labute approximate surface area is 117 Å². The van der Waals surface area contributed by atoms with Crippen LogP contribution in [0, 0.1) is 17.8 Å². The lowest BCUT2D eigenvalue weighted by molar-refractivity contribution is 0.383. The molecule has 0 spiro atoms. The lowest BCUT2D eigenvalue weighted by Gasteiger charge is -2.25. The molecule has 1 aromatic rings. The van der Waals surface area contributed by atoms with E-state index in [0.717, 1.165) is 24.3 Å². The highest BCUT2D eigenvalue weighted by Gasteiger charge is 2.55. The van der Waals surface area contributed by atoms with E-state index in [0.29, 0.717) is 12.0 Å². The topological polar surface area (TPSA) is 24.9 Å². The first-order chi connectivity index (χ1) is 9.33. The number of nitrogens with one attached hydrogen (secondary N) is 1. The Hall–Kier alpha value is -0.890. The molecule has 3 rings (SSSR count). The average molecular weight is 258 g/mol. The molecule has 104 valence electrons. The van der Waals surface area contributed by atoms with E-state index in [1.54, 1.807) is 0 Å². The molecule has 4 atom stereocenters. The molecule has 4 unspecified atom stereocenters. The number of pyridine rings is 1. The van der Waals surface area contributed by atoms with Crippen molar-refractivity contribution in [2.24, 2.45) is 17.8 Å². The third kappa shape index (κ3) is 2.55. The minimum atomic E-state index is 0.525. The van der Waals surface area contributed by atoms with E-state index in [1.807, 2.05) is 12.3 Å². The molecule has 0 aliphatic heterocycles. The summed E-state index contributed by atoms with van der Waals surface area (Å²) in [6.45, 7) is 5.64. The maximum atomic E-state index is 4.57. The summed E-state index contributed by atoms with van der Waals surface area (Å²) in [4.78, 5) is 4.57. The first-order valence-corrected chi connectivity index (χ1v) is 7.97. The van der Waals surface area contributed by atoms with Crippen LogP contribution in [-0.2, 0) is 0 Å². The fourth-order valence-electron chi connectivity index (χ4n) is 4.29. The Morgan fingerprint density at radius 1 is 1.26 bits per heavy atom. The molecule has 0 saturated heterocycles. The molecule has 19 heavy (non-hydrogen) atoms. The van der Waals surface area contributed by atoms with Crippen LogP contribution in [0.2, 0.25) is 0 Å². The van der Waals surface area contributed by atoms with Gasteiger partial charge in [0.05, 0.1) is 0 Å². The van der Waals surface area contributed by atoms with E-state index >= 15 is 0 Å². The zero-order valence-electron chi connectivity index (χ0n) is 12.2. The Morgan fingerprint density at radius 2 is 2.00 bits per heavy atom. The van der Waals surface area contributed by atoms with Gasteiger partial charge in [-0.1, -0.05) is 32.8 Å². The van der Waals surface area contributed by atoms with Gasteiger partial charge >= 0.3 is 0 Å². The molecular weight excluding hydrogens is 232 g/mol. The number of fused-ring (bicyclic) bond motifs is 1. The van der Waals surface area contributed by atoms with Crippen LogP contribution < -0.4 is 5.32 Å². The molecule has 2 heteroatoms. The van der Waals surface area contributed by atoms with Crippen LogP contribution in [0.5, 0.6) is 0 Å². The number of hydrogen-bond acceptors (Lipinski definition) is 2. The normalized spacial score (nSPS) is 32.4. The highest BCUT2D eigenvalue weighted by molar-refractivity contribution is 5.16. The first-order valence-electron chi connectivity index (χ1n) is 7.97. The van der Waals surface area contributed by atoms with Crippen LogP contribution in [0.1, 0.15) is 51.1 Å². The summed E-state index contributed by atoms with van der Waals surface area (Å²) in [5, 5.41) is 3.76. The SMILES string of the molecule is CCNC(C(C)c1ccccn1)C1C2CCCCC21. The van der Waals surface area contributed by atoms with Gasteiger partial charge in [-0.3, -0.25) is 4.98 Å². The van der Waals surface area contributed by atoms with Crippen molar-refractivity contribution in [1.29, 1.82) is 0 Å². The highest BCUT2D eigenvalue weighted by atomic mass is 14.9. The second kappa shape index (κ2) is 5.62. The molecule has 0 bridgehead atoms. The maximum absolute atomic E-state index is 4.57. The van der Waals surface area contributed by atoms with Crippen molar-refractivity contribution >= 4 is 0 Å². The van der Waals surface area contributed by atoms with E-state index in [1.165, 1.54) is 31.4 Å². The highest BCUT2D eigenvalue weighted by Crippen LogP contribution is 2.58. The summed E-state index contributed by atoms with van der Waals surface area (Å²) >= 11 is 0. The predicted octanol–water partition coefficient (Wildman–Crippen LogP) is 3.60. The zero-order chi connectivity index (χ0) is 13.2. The summed E-state index contributed by atoms with van der Waals surface area (Å²) < 4.78 is 0. The van der Waals surface area contributed by atoms with E-state index < -0.39 is 0 Å². The monoisotopic (exact) mass is 258 g/mol. The van der Waals surface area contributed by atoms with Crippen LogP contribution in [-0.4, -0.2) is 17.6 Å². The Kier molecular flexibility index (Phi) is 3.88. The third-order valence-corrected chi connectivity index (χ3v) is 5.27. The molecule has 1 N–H and O–H groups in total. The molecule has 2 nitrogen and oxygen atoms in total. The van der Waals surface area contributed by atoms with Crippen LogP contribution in [0.3, 0.4) is 0 Å². The molecule has 0 radical (unpaired) electrons. The van der Waals surface area contributed by atoms with E-state index in [4.69, 9.17) is 0 Å². The van der Waals surface area contributed by atoms with Crippen LogP contribution in [0.25, 0.3) is 0 Å². The zero-order valence-corrected chi connectivity index (χ0v) is 12.2. The predicted molar refractivity (Wildman–Crippen MR) is 79.1 cm³/mol. The number of nitrogens with zero attached hydrogens (tertiary/aromatic N) is 1. The van der Waals surface area contributed by atoms with Gasteiger partial charge in [-0.2, -0.15) is 0 Å². The van der Waals surface area contributed by atoms with Gasteiger partial charge in [0.2, 0.25) is 0 Å². The Morgan fingerprint density at radius 3 is 2.58 bits per heavy atom. The summed E-state index contributed by atoms with van der Waals surface area (Å²) in [5.74, 6) is 3.43. The van der Waals surface area contributed by atoms with Crippen molar-refractivity contribution in [1.82, 2.24) is 10.3 Å². The molecule has 2 aliphatic rings. The fourth-order valence-corrected chi connectivity index (χ4v) is 4.29. The van der Waals surface area contributed by atoms with Gasteiger partial charge in [0, 0.05) is 23.9 Å². The third-order valence-electron chi connectivity index (χ3n) is 5.27.